The summed E-state index contributed by atoms with van der Waals surface area (Å²) in [7, 11) is 1.48. The molecule has 0 aliphatic heterocycles. The Morgan fingerprint density at radius 2 is 1.86 bits per heavy atom. The van der Waals surface area contributed by atoms with Gasteiger partial charge in [-0.3, -0.25) is 5.32 Å². The van der Waals surface area contributed by atoms with Gasteiger partial charge in [0, 0.05) is 12.4 Å². The molecule has 0 saturated heterocycles. The van der Waals surface area contributed by atoms with E-state index in [4.69, 9.17) is 9.84 Å². The molecule has 0 saturated carbocycles. The number of para-hydroxylation sites is 2. The molecule has 0 unspecified atom stereocenters. The maximum atomic E-state index is 11.9. The highest BCUT2D eigenvalue weighted by Gasteiger charge is 2.15. The summed E-state index contributed by atoms with van der Waals surface area (Å²) >= 11 is 0. The molecule has 2 aromatic rings. The highest BCUT2D eigenvalue weighted by molar-refractivity contribution is 6.03. The third-order valence-corrected chi connectivity index (χ3v) is 2.49. The van der Waals surface area contributed by atoms with Gasteiger partial charge in [-0.05, 0) is 12.1 Å². The summed E-state index contributed by atoms with van der Waals surface area (Å²) in [6, 6.07) is 6.16. The molecule has 2 rings (SSSR count). The van der Waals surface area contributed by atoms with Gasteiger partial charge in [0.1, 0.15) is 5.75 Å². The molecule has 8 nitrogen and oxygen atoms in total. The second-order valence-corrected chi connectivity index (χ2v) is 3.84. The Morgan fingerprint density at radius 3 is 2.57 bits per heavy atom. The van der Waals surface area contributed by atoms with E-state index in [0.717, 1.165) is 0 Å². The minimum atomic E-state index is -1.28. The van der Waals surface area contributed by atoms with E-state index in [1.165, 1.54) is 19.5 Å². The largest absolute Gasteiger partial charge is 0.495 e. The van der Waals surface area contributed by atoms with Gasteiger partial charge in [-0.15, -0.1) is 0 Å². The molecule has 0 bridgehead atoms. The van der Waals surface area contributed by atoms with Crippen LogP contribution in [0.4, 0.5) is 16.3 Å². The second kappa shape index (κ2) is 6.33. The zero-order valence-corrected chi connectivity index (χ0v) is 11.0. The van der Waals surface area contributed by atoms with Crippen LogP contribution in [-0.4, -0.2) is 34.2 Å². The fourth-order valence-corrected chi connectivity index (χ4v) is 1.60. The number of hydrogen-bond donors (Lipinski definition) is 3. The maximum absolute atomic E-state index is 11.9. The Hall–Kier alpha value is -3.16. The van der Waals surface area contributed by atoms with Crippen LogP contribution in [0.2, 0.25) is 0 Å². The van der Waals surface area contributed by atoms with E-state index in [9.17, 15) is 9.59 Å². The van der Waals surface area contributed by atoms with Crippen LogP contribution in [-0.2, 0) is 0 Å². The minimum absolute atomic E-state index is 0.141. The van der Waals surface area contributed by atoms with E-state index in [1.807, 2.05) is 0 Å². The van der Waals surface area contributed by atoms with Crippen LogP contribution in [0.3, 0.4) is 0 Å². The number of urea groups is 1. The van der Waals surface area contributed by atoms with E-state index in [-0.39, 0.29) is 11.5 Å². The number of hydrogen-bond acceptors (Lipinski definition) is 5. The third-order valence-electron chi connectivity index (χ3n) is 2.49. The van der Waals surface area contributed by atoms with Crippen molar-refractivity contribution in [1.82, 2.24) is 9.97 Å². The van der Waals surface area contributed by atoms with E-state index in [1.54, 1.807) is 24.3 Å². The van der Waals surface area contributed by atoms with Gasteiger partial charge in [0.25, 0.3) is 0 Å². The molecule has 0 aliphatic rings. The maximum Gasteiger partial charge on any atom is 0.358 e. The van der Waals surface area contributed by atoms with E-state index >= 15 is 0 Å². The standard InChI is InChI=1S/C13H12N4O4/c1-21-9-5-3-2-4-8(9)16-13(20)17-11-10(12(18)19)14-6-7-15-11/h2-7H,1H3,(H,18,19)(H2,15,16,17,20). The summed E-state index contributed by atoms with van der Waals surface area (Å²) in [5, 5.41) is 13.8. The van der Waals surface area contributed by atoms with Gasteiger partial charge in [0.15, 0.2) is 11.5 Å². The van der Waals surface area contributed by atoms with Crippen molar-refractivity contribution in [3.8, 4) is 5.75 Å². The first-order chi connectivity index (χ1) is 10.1. The van der Waals surface area contributed by atoms with Crippen molar-refractivity contribution < 1.29 is 19.4 Å². The van der Waals surface area contributed by atoms with Gasteiger partial charge >= 0.3 is 12.0 Å². The first-order valence-corrected chi connectivity index (χ1v) is 5.87. The second-order valence-electron chi connectivity index (χ2n) is 3.84. The van der Waals surface area contributed by atoms with Crippen molar-refractivity contribution in [3.63, 3.8) is 0 Å². The first-order valence-electron chi connectivity index (χ1n) is 5.87. The fourth-order valence-electron chi connectivity index (χ4n) is 1.60. The first kappa shape index (κ1) is 14.3. The van der Waals surface area contributed by atoms with Crippen LogP contribution in [0, 0.1) is 0 Å². The van der Waals surface area contributed by atoms with Crippen LogP contribution in [0.5, 0.6) is 5.75 Å². The Kier molecular flexibility index (Phi) is 4.30. The lowest BCUT2D eigenvalue weighted by Gasteiger charge is -2.11. The van der Waals surface area contributed by atoms with Gasteiger partial charge in [0.2, 0.25) is 0 Å². The number of aromatic carboxylic acids is 1. The minimum Gasteiger partial charge on any atom is -0.495 e. The number of methoxy groups -OCH3 is 1. The molecule has 108 valence electrons. The number of carbonyl (C=O) groups excluding carboxylic acids is 1. The van der Waals surface area contributed by atoms with Gasteiger partial charge in [0.05, 0.1) is 12.8 Å². The summed E-state index contributed by atoms with van der Waals surface area (Å²) < 4.78 is 5.09. The molecule has 1 heterocycles. The molecular formula is C13H12N4O4. The summed E-state index contributed by atoms with van der Waals surface area (Å²) in [5.41, 5.74) is 0.103. The summed E-state index contributed by atoms with van der Waals surface area (Å²) in [6.07, 6.45) is 2.51. The van der Waals surface area contributed by atoms with Crippen LogP contribution >= 0.6 is 0 Å². The Morgan fingerprint density at radius 1 is 1.14 bits per heavy atom. The zero-order chi connectivity index (χ0) is 15.2. The van der Waals surface area contributed by atoms with Crippen LogP contribution in [0.15, 0.2) is 36.7 Å². The highest BCUT2D eigenvalue weighted by Crippen LogP contribution is 2.23. The lowest BCUT2D eigenvalue weighted by atomic mass is 10.3. The lowest BCUT2D eigenvalue weighted by molar-refractivity contribution is 0.0691. The van der Waals surface area contributed by atoms with Crippen molar-refractivity contribution in [2.24, 2.45) is 0 Å². The molecule has 1 aromatic carbocycles. The van der Waals surface area contributed by atoms with Crippen LogP contribution in [0.1, 0.15) is 10.5 Å². The molecule has 0 aliphatic carbocycles. The number of aromatic nitrogens is 2. The average Bonchev–Trinajstić information content (AvgIpc) is 2.48. The fraction of sp³-hybridized carbons (Fsp3) is 0.0769. The number of rotatable bonds is 4. The number of nitrogens with one attached hydrogen (secondary N) is 2. The molecule has 8 heteroatoms. The van der Waals surface area contributed by atoms with Gasteiger partial charge < -0.3 is 15.2 Å². The Balaban J connectivity index is 2.14. The molecule has 0 fully saturated rings. The highest BCUT2D eigenvalue weighted by atomic mass is 16.5. The van der Waals surface area contributed by atoms with E-state index in [2.05, 4.69) is 20.6 Å². The number of carboxylic acids is 1. The van der Waals surface area contributed by atoms with Crippen molar-refractivity contribution in [2.45, 2.75) is 0 Å². The van der Waals surface area contributed by atoms with Crippen molar-refractivity contribution in [1.29, 1.82) is 0 Å². The smallest absolute Gasteiger partial charge is 0.358 e. The average molecular weight is 288 g/mol. The number of anilines is 2. The SMILES string of the molecule is COc1ccccc1NC(=O)Nc1nccnc1C(=O)O. The van der Waals surface area contributed by atoms with Gasteiger partial charge in [-0.25, -0.2) is 19.6 Å². The number of amides is 2. The number of carbonyl (C=O) groups is 2. The predicted octanol–water partition coefficient (Wildman–Crippen LogP) is 1.83. The van der Waals surface area contributed by atoms with Crippen molar-refractivity contribution in [2.75, 3.05) is 17.7 Å². The Bertz CT molecular complexity index is 675. The van der Waals surface area contributed by atoms with Crippen molar-refractivity contribution >= 4 is 23.5 Å². The molecule has 21 heavy (non-hydrogen) atoms. The zero-order valence-electron chi connectivity index (χ0n) is 11.0. The summed E-state index contributed by atoms with van der Waals surface area (Å²) in [6.45, 7) is 0. The Labute approximate surface area is 119 Å². The number of ether oxygens (including phenoxy) is 1. The van der Waals surface area contributed by atoms with Crippen molar-refractivity contribution in [3.05, 3.63) is 42.4 Å². The van der Waals surface area contributed by atoms with Gasteiger partial charge in [-0.2, -0.15) is 0 Å². The summed E-state index contributed by atoms with van der Waals surface area (Å²) in [4.78, 5) is 30.3. The number of carboxylic acid groups (broad SMARTS) is 1. The van der Waals surface area contributed by atoms with E-state index < -0.39 is 12.0 Å². The molecule has 3 N–H and O–H groups in total. The van der Waals surface area contributed by atoms with E-state index in [0.29, 0.717) is 11.4 Å². The van der Waals surface area contributed by atoms with Gasteiger partial charge in [-0.1, -0.05) is 12.1 Å². The molecule has 2 amide bonds. The molecule has 1 aromatic heterocycles. The molecule has 0 radical (unpaired) electrons. The molecule has 0 spiro atoms. The summed E-state index contributed by atoms with van der Waals surface area (Å²) in [5.74, 6) is -0.946. The lowest BCUT2D eigenvalue weighted by Crippen LogP contribution is -2.22. The third kappa shape index (κ3) is 3.44. The molecular weight excluding hydrogens is 276 g/mol. The topological polar surface area (TPSA) is 113 Å². The predicted molar refractivity (Wildman–Crippen MR) is 74.6 cm³/mol. The number of nitrogens with zero attached hydrogens (tertiary/aromatic N) is 2. The van der Waals surface area contributed by atoms with Crippen LogP contribution in [0.25, 0.3) is 0 Å². The molecule has 0 atom stereocenters. The number of benzene rings is 1. The monoisotopic (exact) mass is 288 g/mol. The van der Waals surface area contributed by atoms with Crippen LogP contribution < -0.4 is 15.4 Å². The normalized spacial score (nSPS) is 9.76. The quantitative estimate of drug-likeness (QED) is 0.791.